The van der Waals surface area contributed by atoms with E-state index in [1.165, 1.54) is 12.5 Å². The summed E-state index contributed by atoms with van der Waals surface area (Å²) >= 11 is 0. The van der Waals surface area contributed by atoms with Crippen LogP contribution in [0.15, 0.2) is 42.5 Å². The van der Waals surface area contributed by atoms with Crippen LogP contribution in [-0.2, 0) is 14.3 Å². The van der Waals surface area contributed by atoms with Gasteiger partial charge in [0.15, 0.2) is 0 Å². The van der Waals surface area contributed by atoms with Crippen LogP contribution in [0.2, 0.25) is 0 Å². The lowest BCUT2D eigenvalue weighted by Gasteiger charge is -2.42. The van der Waals surface area contributed by atoms with Crippen LogP contribution in [0.4, 0.5) is 11.4 Å². The Morgan fingerprint density at radius 1 is 1.09 bits per heavy atom. The highest BCUT2D eigenvalue weighted by Crippen LogP contribution is 2.32. The van der Waals surface area contributed by atoms with E-state index < -0.39 is 0 Å². The van der Waals surface area contributed by atoms with Crippen molar-refractivity contribution in [1.82, 2.24) is 4.90 Å². The van der Waals surface area contributed by atoms with E-state index in [4.69, 9.17) is 9.47 Å². The summed E-state index contributed by atoms with van der Waals surface area (Å²) in [5.74, 6) is 0.337. The maximum Gasteiger partial charge on any atom is 0.257 e. The fraction of sp³-hybridized carbons (Fsp3) is 0.444. The summed E-state index contributed by atoms with van der Waals surface area (Å²) in [6.07, 6.45) is 1.01. The zero-order valence-electron chi connectivity index (χ0n) is 20.7. The summed E-state index contributed by atoms with van der Waals surface area (Å²) in [5.41, 5.74) is 2.90. The van der Waals surface area contributed by atoms with Crippen molar-refractivity contribution in [3.63, 3.8) is 0 Å². The molecule has 186 valence electrons. The average molecular weight is 480 g/mol. The van der Waals surface area contributed by atoms with Gasteiger partial charge in [0.05, 0.1) is 24.1 Å². The van der Waals surface area contributed by atoms with Gasteiger partial charge in [-0.2, -0.15) is 0 Å². The van der Waals surface area contributed by atoms with Gasteiger partial charge in [-0.3, -0.25) is 14.4 Å². The molecule has 0 saturated carbocycles. The molecule has 0 bridgehead atoms. The van der Waals surface area contributed by atoms with Crippen molar-refractivity contribution in [2.75, 3.05) is 24.3 Å². The highest BCUT2D eigenvalue weighted by Gasteiger charge is 2.39. The largest absolute Gasteiger partial charge is 0.490 e. The third-order valence-electron chi connectivity index (χ3n) is 6.58. The number of fused-ring (bicyclic) bond motifs is 2. The fourth-order valence-corrected chi connectivity index (χ4v) is 4.70. The number of amides is 3. The molecular weight excluding hydrogens is 446 g/mol. The summed E-state index contributed by atoms with van der Waals surface area (Å²) < 4.78 is 12.2. The van der Waals surface area contributed by atoms with Gasteiger partial charge in [-0.05, 0) is 54.7 Å². The van der Waals surface area contributed by atoms with E-state index in [2.05, 4.69) is 30.5 Å². The number of benzene rings is 2. The molecule has 2 aliphatic heterocycles. The van der Waals surface area contributed by atoms with Crippen LogP contribution in [0.1, 0.15) is 61.9 Å². The zero-order valence-corrected chi connectivity index (χ0v) is 20.7. The van der Waals surface area contributed by atoms with E-state index >= 15 is 0 Å². The van der Waals surface area contributed by atoms with Crippen molar-refractivity contribution < 1.29 is 23.9 Å². The molecule has 35 heavy (non-hydrogen) atoms. The lowest BCUT2D eigenvalue weighted by Crippen LogP contribution is -2.53. The molecule has 0 aliphatic carbocycles. The quantitative estimate of drug-likeness (QED) is 0.671. The second-order valence-electron chi connectivity index (χ2n) is 9.59. The summed E-state index contributed by atoms with van der Waals surface area (Å²) in [4.78, 5) is 39.0. The molecule has 8 nitrogen and oxygen atoms in total. The monoisotopic (exact) mass is 479 g/mol. The van der Waals surface area contributed by atoms with E-state index in [1.807, 2.05) is 18.2 Å². The minimum absolute atomic E-state index is 0.0959. The third kappa shape index (κ3) is 5.82. The second kappa shape index (κ2) is 10.5. The number of likely N-dealkylation sites (N-methyl/N-ethyl adjacent to an activating group) is 1. The van der Waals surface area contributed by atoms with Gasteiger partial charge in [0.1, 0.15) is 18.5 Å². The average Bonchev–Trinajstić information content (AvgIpc) is 2.81. The Kier molecular flexibility index (Phi) is 7.40. The summed E-state index contributed by atoms with van der Waals surface area (Å²) in [6.45, 7) is 5.92. The third-order valence-corrected chi connectivity index (χ3v) is 6.58. The van der Waals surface area contributed by atoms with Crippen molar-refractivity contribution in [1.29, 1.82) is 0 Å². The Labute approximate surface area is 206 Å². The second-order valence-corrected chi connectivity index (χ2v) is 9.59. The van der Waals surface area contributed by atoms with E-state index in [9.17, 15) is 14.4 Å². The highest BCUT2D eigenvalue weighted by molar-refractivity contribution is 5.99. The van der Waals surface area contributed by atoms with Crippen molar-refractivity contribution >= 4 is 29.1 Å². The smallest absolute Gasteiger partial charge is 0.257 e. The van der Waals surface area contributed by atoms with Crippen molar-refractivity contribution in [3.8, 4) is 5.75 Å². The van der Waals surface area contributed by atoms with Gasteiger partial charge in [0, 0.05) is 25.3 Å². The van der Waals surface area contributed by atoms with Crippen molar-refractivity contribution in [2.24, 2.45) is 0 Å². The molecule has 2 aliphatic rings. The standard InChI is InChI=1S/C27H33N3O5/c1-16(2)18-6-5-7-19(12-18)29-26(32)14-21-9-10-23-25(35-21)15-34-24-11-8-20(28-17(3)31)13-22(24)27(33)30(23)4/h5-8,11-13,16,21,23,25H,9-10,14-15H2,1-4H3,(H,28,31)(H,29,32)/t21-,23+,25-/m1/s1. The molecule has 2 aromatic carbocycles. The Morgan fingerprint density at radius 2 is 1.86 bits per heavy atom. The lowest BCUT2D eigenvalue weighted by atomic mass is 9.94. The number of anilines is 2. The first-order chi connectivity index (χ1) is 16.7. The molecule has 2 heterocycles. The van der Waals surface area contributed by atoms with Gasteiger partial charge in [0.25, 0.3) is 5.91 Å². The molecule has 1 fully saturated rings. The molecule has 0 radical (unpaired) electrons. The summed E-state index contributed by atoms with van der Waals surface area (Å²) in [5, 5.41) is 5.69. The fourth-order valence-electron chi connectivity index (χ4n) is 4.70. The molecule has 0 spiro atoms. The van der Waals surface area contributed by atoms with Gasteiger partial charge in [0.2, 0.25) is 11.8 Å². The first kappa shape index (κ1) is 24.7. The SMILES string of the molecule is CC(=O)Nc1ccc2c(c1)C(=O)N(C)[C@H]1CC[C@H](CC(=O)Nc3cccc(C(C)C)c3)O[C@@H]1CO2. The molecular formula is C27H33N3O5. The maximum atomic E-state index is 13.2. The van der Waals surface area contributed by atoms with Crippen LogP contribution in [0, 0.1) is 0 Å². The minimum atomic E-state index is -0.344. The molecule has 2 aromatic rings. The first-order valence-electron chi connectivity index (χ1n) is 12.1. The predicted octanol–water partition coefficient (Wildman–Crippen LogP) is 4.18. The number of hydrogen-bond donors (Lipinski definition) is 2. The van der Waals surface area contributed by atoms with Gasteiger partial charge in [-0.1, -0.05) is 26.0 Å². The van der Waals surface area contributed by atoms with Gasteiger partial charge in [-0.15, -0.1) is 0 Å². The number of carbonyl (C=O) groups excluding carboxylic acids is 3. The molecule has 4 rings (SSSR count). The van der Waals surface area contributed by atoms with Crippen LogP contribution in [-0.4, -0.2) is 54.5 Å². The number of rotatable bonds is 5. The molecule has 3 atom stereocenters. The maximum absolute atomic E-state index is 13.2. The first-order valence-corrected chi connectivity index (χ1v) is 12.1. The summed E-state index contributed by atoms with van der Waals surface area (Å²) in [7, 11) is 1.76. The van der Waals surface area contributed by atoms with E-state index in [0.717, 1.165) is 5.69 Å². The van der Waals surface area contributed by atoms with Crippen molar-refractivity contribution in [3.05, 3.63) is 53.6 Å². The van der Waals surface area contributed by atoms with Crippen LogP contribution in [0.5, 0.6) is 5.75 Å². The Morgan fingerprint density at radius 3 is 2.60 bits per heavy atom. The van der Waals surface area contributed by atoms with Crippen LogP contribution in [0.3, 0.4) is 0 Å². The van der Waals surface area contributed by atoms with Gasteiger partial charge >= 0.3 is 0 Å². The molecule has 3 amide bonds. The number of carbonyl (C=O) groups is 3. The number of ether oxygens (including phenoxy) is 2. The normalized spacial score (nSPS) is 21.8. The van der Waals surface area contributed by atoms with Gasteiger partial charge in [-0.25, -0.2) is 0 Å². The van der Waals surface area contributed by atoms with Crippen LogP contribution >= 0.6 is 0 Å². The molecule has 0 aromatic heterocycles. The Hall–Kier alpha value is -3.39. The van der Waals surface area contributed by atoms with E-state index in [0.29, 0.717) is 35.8 Å². The topological polar surface area (TPSA) is 97.0 Å². The number of nitrogens with one attached hydrogen (secondary N) is 2. The van der Waals surface area contributed by atoms with E-state index in [-0.39, 0.29) is 49.0 Å². The zero-order chi connectivity index (χ0) is 25.1. The Bertz CT molecular complexity index is 1120. The molecule has 2 N–H and O–H groups in total. The highest BCUT2D eigenvalue weighted by atomic mass is 16.5. The van der Waals surface area contributed by atoms with E-state index in [1.54, 1.807) is 30.1 Å². The molecule has 0 unspecified atom stereocenters. The lowest BCUT2D eigenvalue weighted by molar-refractivity contribution is -0.130. The van der Waals surface area contributed by atoms with Crippen molar-refractivity contribution in [2.45, 2.75) is 64.2 Å². The number of hydrogen-bond acceptors (Lipinski definition) is 5. The number of nitrogens with zero attached hydrogens (tertiary/aromatic N) is 1. The van der Waals surface area contributed by atoms with Crippen LogP contribution in [0.25, 0.3) is 0 Å². The summed E-state index contributed by atoms with van der Waals surface area (Å²) in [6, 6.07) is 12.8. The Balaban J connectivity index is 1.41. The minimum Gasteiger partial charge on any atom is -0.490 e. The molecule has 8 heteroatoms. The predicted molar refractivity (Wildman–Crippen MR) is 134 cm³/mol. The van der Waals surface area contributed by atoms with Crippen LogP contribution < -0.4 is 15.4 Å². The molecule has 1 saturated heterocycles. The van der Waals surface area contributed by atoms with Gasteiger partial charge < -0.3 is 25.0 Å².